The van der Waals surface area contributed by atoms with E-state index in [1.54, 1.807) is 36.4 Å². The van der Waals surface area contributed by atoms with Gasteiger partial charge in [0.05, 0.1) is 23.1 Å². The van der Waals surface area contributed by atoms with E-state index in [4.69, 9.17) is 44.3 Å². The molecule has 0 saturated carbocycles. The maximum Gasteiger partial charge on any atom is 0.293 e. The molecule has 1 fully saturated rings. The van der Waals surface area contributed by atoms with Crippen molar-refractivity contribution in [3.05, 3.63) is 95.7 Å². The Morgan fingerprint density at radius 1 is 0.972 bits per heavy atom. The van der Waals surface area contributed by atoms with E-state index in [9.17, 15) is 9.59 Å². The first-order chi connectivity index (χ1) is 17.2. The Bertz CT molecular complexity index is 1350. The maximum absolute atomic E-state index is 13.0. The lowest BCUT2D eigenvalue weighted by molar-refractivity contribution is -0.123. The zero-order chi connectivity index (χ0) is 25.8. The van der Waals surface area contributed by atoms with Crippen LogP contribution in [-0.2, 0) is 17.9 Å². The Labute approximate surface area is 236 Å². The highest BCUT2D eigenvalue weighted by Crippen LogP contribution is 2.40. The van der Waals surface area contributed by atoms with Gasteiger partial charge in [0.1, 0.15) is 6.61 Å². The Hall–Kier alpha value is -2.16. The summed E-state index contributed by atoms with van der Waals surface area (Å²) < 4.78 is 12.6. The van der Waals surface area contributed by atoms with Crippen molar-refractivity contribution < 1.29 is 19.1 Å². The summed E-state index contributed by atoms with van der Waals surface area (Å²) in [5.41, 5.74) is 2.20. The number of imide groups is 1. The molecule has 5 nitrogen and oxygen atoms in total. The van der Waals surface area contributed by atoms with Crippen LogP contribution in [0.15, 0.2) is 64.0 Å². The van der Waals surface area contributed by atoms with Crippen molar-refractivity contribution in [3.8, 4) is 11.5 Å². The van der Waals surface area contributed by atoms with E-state index in [0.29, 0.717) is 43.6 Å². The Morgan fingerprint density at radius 2 is 1.72 bits per heavy atom. The molecule has 10 heteroatoms. The first-order valence-electron chi connectivity index (χ1n) is 10.8. The molecule has 3 aromatic carbocycles. The van der Waals surface area contributed by atoms with Crippen molar-refractivity contribution in [1.29, 1.82) is 0 Å². The SMILES string of the molecule is CCOc1cc(/C=C2\SC(=O)N(Cc3ccc(Br)cc3)C2=O)cc(Cl)c1OCc1ccc(Cl)cc1Cl. The zero-order valence-electron chi connectivity index (χ0n) is 18.9. The average molecular weight is 628 g/mol. The molecule has 1 heterocycles. The monoisotopic (exact) mass is 625 g/mol. The number of benzene rings is 3. The second-order valence-electron chi connectivity index (χ2n) is 7.68. The number of hydrogen-bond donors (Lipinski definition) is 0. The van der Waals surface area contributed by atoms with E-state index >= 15 is 0 Å². The van der Waals surface area contributed by atoms with E-state index in [1.807, 2.05) is 31.2 Å². The predicted octanol–water partition coefficient (Wildman–Crippen LogP) is 8.62. The number of carbonyl (C=O) groups excluding carboxylic acids is 2. The summed E-state index contributed by atoms with van der Waals surface area (Å²) in [7, 11) is 0. The van der Waals surface area contributed by atoms with Gasteiger partial charge in [0, 0.05) is 20.1 Å². The summed E-state index contributed by atoms with van der Waals surface area (Å²) >= 11 is 23.0. The highest BCUT2D eigenvalue weighted by Gasteiger charge is 2.35. The molecule has 36 heavy (non-hydrogen) atoms. The molecule has 1 aliphatic heterocycles. The van der Waals surface area contributed by atoms with Crippen LogP contribution >= 0.6 is 62.5 Å². The van der Waals surface area contributed by atoms with Crippen molar-refractivity contribution >= 4 is 79.7 Å². The molecule has 186 valence electrons. The molecule has 0 bridgehead atoms. The standard InChI is InChI=1S/C26H19BrCl3NO4S/c1-2-34-22-10-16(9-21(30)24(22)35-14-17-5-8-19(28)12-20(17)29)11-23-25(32)31(26(33)36-23)13-15-3-6-18(27)7-4-15/h3-12H,2,13-14H2,1H3/b23-11-. The number of amides is 2. The summed E-state index contributed by atoms with van der Waals surface area (Å²) in [6, 6.07) is 16.0. The van der Waals surface area contributed by atoms with Crippen molar-refractivity contribution in [1.82, 2.24) is 4.90 Å². The number of nitrogens with zero attached hydrogens (tertiary/aromatic N) is 1. The third-order valence-electron chi connectivity index (χ3n) is 5.14. The van der Waals surface area contributed by atoms with Crippen LogP contribution in [0.1, 0.15) is 23.6 Å². The number of carbonyl (C=O) groups is 2. The van der Waals surface area contributed by atoms with Gasteiger partial charge in [-0.05, 0) is 72.3 Å². The lowest BCUT2D eigenvalue weighted by Crippen LogP contribution is -2.27. The number of thioether (sulfide) groups is 1. The fraction of sp³-hybridized carbons (Fsp3) is 0.154. The van der Waals surface area contributed by atoms with Crippen LogP contribution in [0.4, 0.5) is 4.79 Å². The molecular formula is C26H19BrCl3NO4S. The van der Waals surface area contributed by atoms with Crippen molar-refractivity contribution in [3.63, 3.8) is 0 Å². The summed E-state index contributed by atoms with van der Waals surface area (Å²) in [6.45, 7) is 2.57. The molecule has 0 N–H and O–H groups in total. The highest BCUT2D eigenvalue weighted by atomic mass is 79.9. The zero-order valence-corrected chi connectivity index (χ0v) is 23.6. The fourth-order valence-electron chi connectivity index (χ4n) is 3.42. The van der Waals surface area contributed by atoms with Gasteiger partial charge in [-0.25, -0.2) is 0 Å². The van der Waals surface area contributed by atoms with Crippen LogP contribution < -0.4 is 9.47 Å². The van der Waals surface area contributed by atoms with E-state index in [2.05, 4.69) is 15.9 Å². The number of halogens is 4. The second-order valence-corrected chi connectivity index (χ2v) is 10.8. The minimum absolute atomic E-state index is 0.157. The van der Waals surface area contributed by atoms with Gasteiger partial charge in [0.15, 0.2) is 11.5 Å². The van der Waals surface area contributed by atoms with E-state index in [0.717, 1.165) is 27.4 Å². The predicted molar refractivity (Wildman–Crippen MR) is 149 cm³/mol. The lowest BCUT2D eigenvalue weighted by atomic mass is 10.1. The Kier molecular flexibility index (Phi) is 8.91. The summed E-state index contributed by atoms with van der Waals surface area (Å²) in [5, 5.41) is 0.978. The first kappa shape index (κ1) is 26.9. The topological polar surface area (TPSA) is 55.8 Å². The Morgan fingerprint density at radius 3 is 2.42 bits per heavy atom. The normalized spacial score (nSPS) is 14.6. The van der Waals surface area contributed by atoms with Gasteiger partial charge in [-0.15, -0.1) is 0 Å². The van der Waals surface area contributed by atoms with E-state index in [-0.39, 0.29) is 24.3 Å². The number of ether oxygens (including phenoxy) is 2. The second kappa shape index (κ2) is 11.9. The van der Waals surface area contributed by atoms with Crippen molar-refractivity contribution in [2.45, 2.75) is 20.1 Å². The van der Waals surface area contributed by atoms with E-state index < -0.39 is 0 Å². The maximum atomic E-state index is 13.0. The molecule has 3 aromatic rings. The van der Waals surface area contributed by atoms with Gasteiger partial charge in [-0.2, -0.15) is 0 Å². The van der Waals surface area contributed by atoms with Crippen LogP contribution in [0.5, 0.6) is 11.5 Å². The van der Waals surface area contributed by atoms with Crippen LogP contribution in [-0.4, -0.2) is 22.7 Å². The summed E-state index contributed by atoms with van der Waals surface area (Å²) in [5.74, 6) is 0.403. The summed E-state index contributed by atoms with van der Waals surface area (Å²) in [6.07, 6.45) is 1.63. The third kappa shape index (κ3) is 6.39. The molecule has 1 saturated heterocycles. The lowest BCUT2D eigenvalue weighted by Gasteiger charge is -2.15. The number of hydrogen-bond acceptors (Lipinski definition) is 5. The molecule has 1 aliphatic rings. The highest BCUT2D eigenvalue weighted by molar-refractivity contribution is 9.10. The molecule has 0 radical (unpaired) electrons. The molecule has 0 unspecified atom stereocenters. The minimum atomic E-state index is -0.361. The van der Waals surface area contributed by atoms with Gasteiger partial charge in [-0.3, -0.25) is 14.5 Å². The first-order valence-corrected chi connectivity index (χ1v) is 13.5. The molecular weight excluding hydrogens is 609 g/mol. The summed E-state index contributed by atoms with van der Waals surface area (Å²) in [4.78, 5) is 27.0. The molecule has 4 rings (SSSR count). The fourth-order valence-corrected chi connectivity index (χ4v) is 5.26. The minimum Gasteiger partial charge on any atom is -0.490 e. The van der Waals surface area contributed by atoms with Crippen molar-refractivity contribution in [2.75, 3.05) is 6.61 Å². The van der Waals surface area contributed by atoms with Crippen molar-refractivity contribution in [2.24, 2.45) is 0 Å². The van der Waals surface area contributed by atoms with Crippen LogP contribution in [0.2, 0.25) is 15.1 Å². The van der Waals surface area contributed by atoms with Gasteiger partial charge in [0.2, 0.25) is 0 Å². The third-order valence-corrected chi connectivity index (χ3v) is 7.45. The van der Waals surface area contributed by atoms with Crippen LogP contribution in [0.3, 0.4) is 0 Å². The van der Waals surface area contributed by atoms with Gasteiger partial charge in [-0.1, -0.05) is 68.9 Å². The van der Waals surface area contributed by atoms with Gasteiger partial charge in [0.25, 0.3) is 11.1 Å². The molecule has 2 amide bonds. The smallest absolute Gasteiger partial charge is 0.293 e. The molecule has 0 aliphatic carbocycles. The van der Waals surface area contributed by atoms with Gasteiger partial charge < -0.3 is 9.47 Å². The van der Waals surface area contributed by atoms with Gasteiger partial charge >= 0.3 is 0 Å². The van der Waals surface area contributed by atoms with Crippen LogP contribution in [0.25, 0.3) is 6.08 Å². The van der Waals surface area contributed by atoms with E-state index in [1.165, 1.54) is 4.90 Å². The quantitative estimate of drug-likeness (QED) is 0.234. The average Bonchev–Trinajstić information content (AvgIpc) is 3.08. The molecule has 0 aromatic heterocycles. The molecule has 0 spiro atoms. The van der Waals surface area contributed by atoms with Crippen LogP contribution in [0, 0.1) is 0 Å². The largest absolute Gasteiger partial charge is 0.490 e. The molecule has 0 atom stereocenters. The Balaban J connectivity index is 1.55. The number of rotatable bonds is 8.